The van der Waals surface area contributed by atoms with Crippen molar-refractivity contribution in [3.63, 3.8) is 0 Å². The first-order valence-corrected chi connectivity index (χ1v) is 10.1. The number of amides is 1. The van der Waals surface area contributed by atoms with E-state index in [-0.39, 0.29) is 6.61 Å². The summed E-state index contributed by atoms with van der Waals surface area (Å²) in [5.41, 5.74) is 3.56. The van der Waals surface area contributed by atoms with Gasteiger partial charge in [0.15, 0.2) is 6.61 Å². The van der Waals surface area contributed by atoms with Gasteiger partial charge in [0.05, 0.1) is 23.9 Å². The fourth-order valence-corrected chi connectivity index (χ4v) is 3.50. The average Bonchev–Trinajstić information content (AvgIpc) is 2.77. The molecule has 0 radical (unpaired) electrons. The lowest BCUT2D eigenvalue weighted by Gasteiger charge is -2.15. The molecule has 3 rings (SSSR count). The van der Waals surface area contributed by atoms with Crippen molar-refractivity contribution in [2.24, 2.45) is 0 Å². The molecule has 0 aliphatic rings. The highest BCUT2D eigenvalue weighted by Gasteiger charge is 2.21. The van der Waals surface area contributed by atoms with Crippen molar-refractivity contribution in [3.8, 4) is 5.75 Å². The number of nitrogens with zero attached hydrogens (tertiary/aromatic N) is 1. The first-order chi connectivity index (χ1) is 14.6. The molecule has 1 heterocycles. The third-order valence-electron chi connectivity index (χ3n) is 4.84. The monoisotopic (exact) mass is 406 g/mol. The van der Waals surface area contributed by atoms with Crippen LogP contribution in [0.2, 0.25) is 0 Å². The zero-order valence-electron chi connectivity index (χ0n) is 17.5. The number of aryl methyl sites for hydroxylation is 1. The fraction of sp³-hybridized carbons (Fsp3) is 0.292. The zero-order chi connectivity index (χ0) is 21.5. The number of carbonyl (C=O) groups excluding carboxylic acids is 2. The SMILES string of the molecule is CCCc1nc2ccccc2c(C(=O)OCC(=O)Nc2ccccc2OC)c1CC. The molecule has 2 aromatic carbocycles. The van der Waals surface area contributed by atoms with E-state index in [0.29, 0.717) is 23.4 Å². The van der Waals surface area contributed by atoms with Crippen LogP contribution in [0.3, 0.4) is 0 Å². The number of carbonyl (C=O) groups is 2. The average molecular weight is 406 g/mol. The van der Waals surface area contributed by atoms with E-state index in [1.807, 2.05) is 37.3 Å². The zero-order valence-corrected chi connectivity index (χ0v) is 17.5. The Morgan fingerprint density at radius 3 is 2.50 bits per heavy atom. The standard InChI is InChI=1S/C24H26N2O4/c1-4-10-18-16(5-2)23(17-11-6-7-12-19(17)25-18)24(28)30-15-22(27)26-20-13-8-9-14-21(20)29-3/h6-9,11-14H,4-5,10,15H2,1-3H3,(H,26,27). The van der Waals surface area contributed by atoms with Crippen molar-refractivity contribution >= 4 is 28.5 Å². The van der Waals surface area contributed by atoms with Crippen molar-refractivity contribution in [1.29, 1.82) is 0 Å². The van der Waals surface area contributed by atoms with Crippen LogP contribution >= 0.6 is 0 Å². The topological polar surface area (TPSA) is 77.5 Å². The highest BCUT2D eigenvalue weighted by atomic mass is 16.5. The maximum Gasteiger partial charge on any atom is 0.339 e. The van der Waals surface area contributed by atoms with Crippen LogP contribution in [0.25, 0.3) is 10.9 Å². The minimum Gasteiger partial charge on any atom is -0.495 e. The highest BCUT2D eigenvalue weighted by Crippen LogP contribution is 2.26. The van der Waals surface area contributed by atoms with Gasteiger partial charge < -0.3 is 14.8 Å². The molecule has 3 aromatic rings. The molecule has 6 nitrogen and oxygen atoms in total. The van der Waals surface area contributed by atoms with Gasteiger partial charge in [-0.3, -0.25) is 9.78 Å². The molecule has 0 fully saturated rings. The Hall–Kier alpha value is -3.41. The first kappa shape index (κ1) is 21.3. The lowest BCUT2D eigenvalue weighted by Crippen LogP contribution is -2.22. The molecule has 0 saturated heterocycles. The van der Waals surface area contributed by atoms with E-state index in [2.05, 4.69) is 12.2 Å². The Morgan fingerprint density at radius 2 is 1.77 bits per heavy atom. The summed E-state index contributed by atoms with van der Waals surface area (Å²) in [6, 6.07) is 14.6. The quantitative estimate of drug-likeness (QED) is 0.555. The van der Waals surface area contributed by atoms with Gasteiger partial charge in [0.1, 0.15) is 5.75 Å². The Labute approximate surface area is 176 Å². The smallest absolute Gasteiger partial charge is 0.339 e. The van der Waals surface area contributed by atoms with E-state index < -0.39 is 11.9 Å². The van der Waals surface area contributed by atoms with Gasteiger partial charge in [-0.05, 0) is 36.6 Å². The second-order valence-electron chi connectivity index (χ2n) is 6.86. The fourth-order valence-electron chi connectivity index (χ4n) is 3.50. The summed E-state index contributed by atoms with van der Waals surface area (Å²) < 4.78 is 10.6. The van der Waals surface area contributed by atoms with Gasteiger partial charge in [0, 0.05) is 11.1 Å². The van der Waals surface area contributed by atoms with E-state index in [9.17, 15) is 9.59 Å². The van der Waals surface area contributed by atoms with Gasteiger partial charge in [-0.15, -0.1) is 0 Å². The number of hydrogen-bond donors (Lipinski definition) is 1. The molecule has 0 aliphatic heterocycles. The van der Waals surface area contributed by atoms with Crippen LogP contribution in [-0.2, 0) is 22.4 Å². The second-order valence-corrected chi connectivity index (χ2v) is 6.86. The van der Waals surface area contributed by atoms with E-state index >= 15 is 0 Å². The van der Waals surface area contributed by atoms with Gasteiger partial charge in [-0.2, -0.15) is 0 Å². The highest BCUT2D eigenvalue weighted by molar-refractivity contribution is 6.06. The number of para-hydroxylation sites is 3. The van der Waals surface area contributed by atoms with Crippen molar-refractivity contribution in [2.45, 2.75) is 33.1 Å². The van der Waals surface area contributed by atoms with E-state index in [1.165, 1.54) is 7.11 Å². The number of aromatic nitrogens is 1. The predicted octanol–water partition coefficient (Wildman–Crippen LogP) is 4.55. The number of benzene rings is 2. The first-order valence-electron chi connectivity index (χ1n) is 10.1. The summed E-state index contributed by atoms with van der Waals surface area (Å²) in [5.74, 6) is -0.411. The minimum atomic E-state index is -0.516. The molecule has 1 amide bonds. The van der Waals surface area contributed by atoms with Gasteiger partial charge in [0.2, 0.25) is 0 Å². The van der Waals surface area contributed by atoms with E-state index in [1.54, 1.807) is 18.2 Å². The van der Waals surface area contributed by atoms with E-state index in [4.69, 9.17) is 14.5 Å². The summed E-state index contributed by atoms with van der Waals surface area (Å²) in [6.45, 7) is 3.69. The number of fused-ring (bicyclic) bond motifs is 1. The minimum absolute atomic E-state index is 0.389. The summed E-state index contributed by atoms with van der Waals surface area (Å²) >= 11 is 0. The lowest BCUT2D eigenvalue weighted by molar-refractivity contribution is -0.119. The molecular weight excluding hydrogens is 380 g/mol. The molecular formula is C24H26N2O4. The van der Waals surface area contributed by atoms with Crippen molar-refractivity contribution < 1.29 is 19.1 Å². The molecule has 1 aromatic heterocycles. The predicted molar refractivity (Wildman–Crippen MR) is 117 cm³/mol. The molecule has 0 atom stereocenters. The molecule has 0 aliphatic carbocycles. The number of pyridine rings is 1. The molecule has 0 unspecified atom stereocenters. The Balaban J connectivity index is 1.83. The Kier molecular flexibility index (Phi) is 7.01. The molecule has 156 valence electrons. The van der Waals surface area contributed by atoms with Gasteiger partial charge in [0.25, 0.3) is 5.91 Å². The van der Waals surface area contributed by atoms with Gasteiger partial charge in [-0.25, -0.2) is 4.79 Å². The molecule has 0 spiro atoms. The summed E-state index contributed by atoms with van der Waals surface area (Å²) in [5, 5.41) is 3.45. The molecule has 30 heavy (non-hydrogen) atoms. The maximum absolute atomic E-state index is 13.0. The van der Waals surface area contributed by atoms with Crippen LogP contribution in [-0.4, -0.2) is 30.6 Å². The molecule has 6 heteroatoms. The second kappa shape index (κ2) is 9.87. The molecule has 1 N–H and O–H groups in total. The number of ether oxygens (including phenoxy) is 2. The number of hydrogen-bond acceptors (Lipinski definition) is 5. The van der Waals surface area contributed by atoms with E-state index in [0.717, 1.165) is 35.0 Å². The Morgan fingerprint density at radius 1 is 1.03 bits per heavy atom. The third-order valence-corrected chi connectivity index (χ3v) is 4.84. The summed E-state index contributed by atoms with van der Waals surface area (Å²) in [4.78, 5) is 30.1. The number of nitrogens with one attached hydrogen (secondary N) is 1. The van der Waals surface area contributed by atoms with Crippen molar-refractivity contribution in [3.05, 3.63) is 65.4 Å². The number of methoxy groups -OCH3 is 1. The third kappa shape index (κ3) is 4.59. The summed E-state index contributed by atoms with van der Waals surface area (Å²) in [7, 11) is 1.53. The lowest BCUT2D eigenvalue weighted by atomic mass is 9.96. The number of esters is 1. The van der Waals surface area contributed by atoms with Crippen LogP contribution in [0, 0.1) is 0 Å². The van der Waals surface area contributed by atoms with Gasteiger partial charge in [-0.1, -0.05) is 50.6 Å². The largest absolute Gasteiger partial charge is 0.495 e. The van der Waals surface area contributed by atoms with Crippen LogP contribution in [0.15, 0.2) is 48.5 Å². The van der Waals surface area contributed by atoms with Gasteiger partial charge >= 0.3 is 5.97 Å². The molecule has 0 saturated carbocycles. The van der Waals surface area contributed by atoms with Crippen LogP contribution in [0.4, 0.5) is 5.69 Å². The van der Waals surface area contributed by atoms with Crippen molar-refractivity contribution in [2.75, 3.05) is 19.0 Å². The van der Waals surface area contributed by atoms with Crippen LogP contribution in [0.1, 0.15) is 41.9 Å². The maximum atomic E-state index is 13.0. The van der Waals surface area contributed by atoms with Crippen LogP contribution in [0.5, 0.6) is 5.75 Å². The molecule has 0 bridgehead atoms. The van der Waals surface area contributed by atoms with Crippen molar-refractivity contribution in [1.82, 2.24) is 4.98 Å². The number of rotatable bonds is 8. The summed E-state index contributed by atoms with van der Waals surface area (Å²) in [6.07, 6.45) is 2.36. The normalized spacial score (nSPS) is 10.6. The van der Waals surface area contributed by atoms with Crippen LogP contribution < -0.4 is 10.1 Å². The number of anilines is 1. The Bertz CT molecular complexity index is 1060.